The fourth-order valence-electron chi connectivity index (χ4n) is 9.25. The summed E-state index contributed by atoms with van der Waals surface area (Å²) in [6.45, 7) is 6.34. The highest BCUT2D eigenvalue weighted by Gasteiger charge is 2.52. The van der Waals surface area contributed by atoms with Gasteiger partial charge >= 0.3 is 0 Å². The van der Waals surface area contributed by atoms with E-state index in [2.05, 4.69) is 183 Å². The molecule has 9 aromatic rings. The third-order valence-electron chi connectivity index (χ3n) is 12.0. The molecule has 1 aliphatic heterocycles. The van der Waals surface area contributed by atoms with E-state index in [9.17, 15) is 0 Å². The van der Waals surface area contributed by atoms with Crippen LogP contribution in [-0.2, 0) is 5.41 Å². The normalized spacial score (nSPS) is 13.6. The molecule has 2 heterocycles. The third kappa shape index (κ3) is 5.38. The zero-order valence-electron chi connectivity index (χ0n) is 32.4. The van der Waals surface area contributed by atoms with E-state index in [0.29, 0.717) is 5.82 Å². The van der Waals surface area contributed by atoms with E-state index in [4.69, 9.17) is 14.7 Å². The molecule has 0 atom stereocenters. The number of fused-ring (bicyclic) bond motifs is 10. The minimum atomic E-state index is -0.703. The summed E-state index contributed by atoms with van der Waals surface area (Å²) in [5.41, 5.74) is 13.1. The molecule has 0 fully saturated rings. The lowest BCUT2D eigenvalue weighted by Crippen LogP contribution is -2.33. The average Bonchev–Trinajstić information content (AvgIpc) is 3.54. The van der Waals surface area contributed by atoms with E-state index < -0.39 is 5.41 Å². The third-order valence-corrected chi connectivity index (χ3v) is 12.0. The van der Waals surface area contributed by atoms with Gasteiger partial charge in [0.05, 0.1) is 16.8 Å². The molecule has 276 valence electrons. The lowest BCUT2D eigenvalue weighted by molar-refractivity contribution is 0.446. The summed E-state index contributed by atoms with van der Waals surface area (Å²) < 4.78 is 7.18. The van der Waals surface area contributed by atoms with E-state index in [-0.39, 0.29) is 0 Å². The number of hydrogen-bond donors (Lipinski definition) is 0. The van der Waals surface area contributed by atoms with Crippen molar-refractivity contribution in [3.05, 3.63) is 235 Å². The number of ether oxygens (including phenoxy) is 1. The van der Waals surface area contributed by atoms with Gasteiger partial charge in [0.2, 0.25) is 0 Å². The van der Waals surface area contributed by atoms with Crippen LogP contribution in [0.2, 0.25) is 0 Å². The molecule has 59 heavy (non-hydrogen) atoms. The molecule has 0 saturated carbocycles. The van der Waals surface area contributed by atoms with Crippen LogP contribution in [0.15, 0.2) is 200 Å². The average molecular weight is 753 g/mol. The van der Waals surface area contributed by atoms with Crippen LogP contribution in [0.4, 0.5) is 0 Å². The molecule has 0 amide bonds. The van der Waals surface area contributed by atoms with Crippen molar-refractivity contribution < 1.29 is 4.74 Å². The van der Waals surface area contributed by atoms with Gasteiger partial charge in [-0.2, -0.15) is 0 Å². The molecule has 0 bridgehead atoms. The van der Waals surface area contributed by atoms with E-state index in [1.165, 1.54) is 22.3 Å². The Kier molecular flexibility index (Phi) is 8.00. The van der Waals surface area contributed by atoms with Crippen molar-refractivity contribution in [2.24, 2.45) is 0 Å². The lowest BCUT2D eigenvalue weighted by atomic mass is 9.64. The summed E-state index contributed by atoms with van der Waals surface area (Å²) in [6.07, 6.45) is 6.17. The van der Waals surface area contributed by atoms with Gasteiger partial charge in [-0.15, -0.1) is 0 Å². The Bertz CT molecular complexity index is 3110. The zero-order valence-corrected chi connectivity index (χ0v) is 32.4. The Morgan fingerprint density at radius 2 is 1.20 bits per heavy atom. The molecule has 1 spiro atoms. The largest absolute Gasteiger partial charge is 0.455 e. The van der Waals surface area contributed by atoms with Crippen molar-refractivity contribution in [3.63, 3.8) is 0 Å². The number of aromatic nitrogens is 2. The highest BCUT2D eigenvalue weighted by molar-refractivity contribution is 6.00. The van der Waals surface area contributed by atoms with Gasteiger partial charge in [-0.3, -0.25) is 0 Å². The predicted octanol–water partition coefficient (Wildman–Crippen LogP) is 14.0. The Morgan fingerprint density at radius 1 is 0.576 bits per heavy atom. The quantitative estimate of drug-likeness (QED) is 0.159. The molecule has 0 saturated heterocycles. The molecule has 0 radical (unpaired) electrons. The maximum Gasteiger partial charge on any atom is 0.160 e. The first-order chi connectivity index (χ1) is 29.1. The highest BCUT2D eigenvalue weighted by atomic mass is 16.5. The van der Waals surface area contributed by atoms with Crippen LogP contribution in [0, 0.1) is 12.1 Å². The van der Waals surface area contributed by atoms with Crippen molar-refractivity contribution in [2.45, 2.75) is 12.3 Å². The van der Waals surface area contributed by atoms with Crippen LogP contribution in [-0.4, -0.2) is 9.97 Å². The van der Waals surface area contributed by atoms with Crippen LogP contribution in [0.25, 0.3) is 72.1 Å². The van der Waals surface area contributed by atoms with Crippen LogP contribution in [0.3, 0.4) is 0 Å². The number of benzene rings is 7. The smallest absolute Gasteiger partial charge is 0.160 e. The van der Waals surface area contributed by atoms with Crippen LogP contribution in [0.5, 0.6) is 11.5 Å². The molecule has 3 heteroatoms. The van der Waals surface area contributed by atoms with Crippen LogP contribution < -0.4 is 4.74 Å². The van der Waals surface area contributed by atoms with Gasteiger partial charge in [0, 0.05) is 44.2 Å². The molecule has 1 aliphatic carbocycles. The fraction of sp³-hybridized carbons (Fsp3) is 0.0357. The summed E-state index contributed by atoms with van der Waals surface area (Å²) in [4.78, 5) is 10.5. The maximum absolute atomic E-state index is 7.18. The lowest BCUT2D eigenvalue weighted by Gasteiger charge is -2.41. The van der Waals surface area contributed by atoms with Crippen molar-refractivity contribution in [2.75, 3.05) is 0 Å². The molecule has 0 N–H and O–H groups in total. The predicted molar refractivity (Wildman–Crippen MR) is 241 cm³/mol. The second-order valence-electron chi connectivity index (χ2n) is 15.2. The summed E-state index contributed by atoms with van der Waals surface area (Å²) in [5.74, 6) is 2.43. The first-order valence-electron chi connectivity index (χ1n) is 19.9. The Labute approximate surface area is 344 Å². The number of nitrogens with zero attached hydrogens (tertiary/aromatic N) is 2. The van der Waals surface area contributed by atoms with E-state index >= 15 is 0 Å². The van der Waals surface area contributed by atoms with Crippen molar-refractivity contribution >= 4 is 27.1 Å². The van der Waals surface area contributed by atoms with E-state index in [1.807, 2.05) is 30.3 Å². The molecular formula is C56H36N2O. The number of rotatable bonds is 6. The van der Waals surface area contributed by atoms with Gasteiger partial charge in [0.1, 0.15) is 11.5 Å². The van der Waals surface area contributed by atoms with Gasteiger partial charge in [-0.1, -0.05) is 183 Å². The minimum Gasteiger partial charge on any atom is -0.455 e. The van der Waals surface area contributed by atoms with Gasteiger partial charge in [0.15, 0.2) is 5.82 Å². The summed E-state index contributed by atoms with van der Waals surface area (Å²) in [6, 6.07) is 66.0. The molecule has 8 aromatic carbocycles. The molecule has 1 aromatic heterocycles. The Morgan fingerprint density at radius 3 is 1.86 bits per heavy atom. The first-order valence-corrected chi connectivity index (χ1v) is 19.9. The topological polar surface area (TPSA) is 35.0 Å². The monoisotopic (exact) mass is 752 g/mol. The Balaban J connectivity index is 1.17. The second-order valence-corrected chi connectivity index (χ2v) is 15.2. The second kappa shape index (κ2) is 13.7. The summed E-state index contributed by atoms with van der Waals surface area (Å²) in [5, 5.41) is 4.44. The van der Waals surface area contributed by atoms with Crippen molar-refractivity contribution in [1.82, 2.24) is 9.97 Å². The number of allylic oxidation sites excluding steroid dienone is 5. The fourth-order valence-corrected chi connectivity index (χ4v) is 9.25. The van der Waals surface area contributed by atoms with Gasteiger partial charge < -0.3 is 4.74 Å². The van der Waals surface area contributed by atoms with Gasteiger partial charge in [-0.25, -0.2) is 9.97 Å². The maximum atomic E-state index is 7.18. The molecule has 0 unspecified atom stereocenters. The first kappa shape index (κ1) is 34.4. The Hall–Kier alpha value is -7.80. The molecule has 3 nitrogen and oxygen atoms in total. The zero-order chi connectivity index (χ0) is 39.5. The van der Waals surface area contributed by atoms with Crippen molar-refractivity contribution in [1.29, 1.82) is 0 Å². The van der Waals surface area contributed by atoms with Gasteiger partial charge in [0.25, 0.3) is 0 Å². The van der Waals surface area contributed by atoms with Crippen LogP contribution in [0.1, 0.15) is 29.2 Å². The molecule has 2 aliphatic rings. The summed E-state index contributed by atoms with van der Waals surface area (Å²) in [7, 11) is 0. The number of hydrogen-bond acceptors (Lipinski definition) is 3. The summed E-state index contributed by atoms with van der Waals surface area (Å²) >= 11 is 0. The van der Waals surface area contributed by atoms with E-state index in [0.717, 1.165) is 83.4 Å². The highest BCUT2D eigenvalue weighted by Crippen LogP contribution is 2.63. The molecular weight excluding hydrogens is 717 g/mol. The minimum absolute atomic E-state index is 0.662. The van der Waals surface area contributed by atoms with E-state index in [1.54, 1.807) is 0 Å². The van der Waals surface area contributed by atoms with Crippen LogP contribution >= 0.6 is 0 Å². The SMILES string of the molecule is C=C/C=C\C1=C(C)c2ccc(-c3cc(-c4ccccc4)nc(-c4ccc(-c5c#cccc5)cc4)n3)cc2C12c1ccc3ccccc3c1Oc1c2ccc2ccccc12. The molecule has 11 rings (SSSR count). The van der Waals surface area contributed by atoms with Gasteiger partial charge in [-0.05, 0) is 69.8 Å². The van der Waals surface area contributed by atoms with Crippen molar-refractivity contribution in [3.8, 4) is 56.5 Å². The standard InChI is InChI=1S/C56H36N2O/c1-3-4-23-47-36(2)44-31-28-43(52-35-51(41-19-9-6-10-20-41)57-55(58-52)42-26-24-38(25-27-42)37-15-7-5-8-16-37)34-50(44)56(47)48-32-29-39-17-11-13-21-45(39)53(48)59-54-46-22-14-12-18-40(46)30-33-49(54)56/h3-7,9-15,17-35H,1H2,2H3/b23-4-.